The molecule has 0 spiro atoms. The van der Waals surface area contributed by atoms with Crippen molar-refractivity contribution in [2.75, 3.05) is 20.8 Å². The Morgan fingerprint density at radius 1 is 1.18 bits per heavy atom. The topological polar surface area (TPSA) is 73.9 Å². The summed E-state index contributed by atoms with van der Waals surface area (Å²) in [5, 5.41) is 2.83. The monoisotopic (exact) mass is 387 g/mol. The Hall–Kier alpha value is -2.76. The molecule has 0 aliphatic heterocycles. The van der Waals surface area contributed by atoms with E-state index >= 15 is 0 Å². The lowest BCUT2D eigenvalue weighted by molar-refractivity contribution is -0.150. The predicted molar refractivity (Wildman–Crippen MR) is 108 cm³/mol. The standard InChI is InChI=1S/C22H29NO5/c1-16(22(25)23-14-13-17-7-5-4-6-8-17)28-21(24)12-10-18-9-11-19(26-2)20(15-18)27-3/h7,9-12,15-16H,4-6,8,13-14H2,1-3H3,(H,23,25)/b12-10+/t16-/m0/s1. The zero-order valence-electron chi connectivity index (χ0n) is 16.8. The van der Waals surface area contributed by atoms with Crippen LogP contribution < -0.4 is 14.8 Å². The average molecular weight is 387 g/mol. The number of rotatable bonds is 9. The molecule has 1 N–H and O–H groups in total. The van der Waals surface area contributed by atoms with E-state index in [2.05, 4.69) is 11.4 Å². The molecule has 1 aromatic carbocycles. The van der Waals surface area contributed by atoms with Gasteiger partial charge in [0.05, 0.1) is 14.2 Å². The van der Waals surface area contributed by atoms with Crippen LogP contribution in [-0.4, -0.2) is 38.7 Å². The van der Waals surface area contributed by atoms with Gasteiger partial charge in [0.1, 0.15) is 0 Å². The number of esters is 1. The summed E-state index contributed by atoms with van der Waals surface area (Å²) in [5.74, 6) is 0.312. The molecule has 0 radical (unpaired) electrons. The first kappa shape index (κ1) is 21.5. The average Bonchev–Trinajstić information content (AvgIpc) is 2.72. The molecule has 6 heteroatoms. The van der Waals surface area contributed by atoms with Crippen molar-refractivity contribution in [3.05, 3.63) is 41.5 Å². The molecule has 6 nitrogen and oxygen atoms in total. The SMILES string of the molecule is COc1ccc(/C=C/C(=O)O[C@@H](C)C(=O)NCCC2=CCCCC2)cc1OC. The van der Waals surface area contributed by atoms with Crippen molar-refractivity contribution >= 4 is 18.0 Å². The number of allylic oxidation sites excluding steroid dienone is 1. The van der Waals surface area contributed by atoms with Crippen LogP contribution in [-0.2, 0) is 14.3 Å². The Balaban J connectivity index is 1.78. The molecule has 2 rings (SSSR count). The van der Waals surface area contributed by atoms with E-state index in [9.17, 15) is 9.59 Å². The molecule has 0 saturated carbocycles. The summed E-state index contributed by atoms with van der Waals surface area (Å²) in [7, 11) is 3.11. The number of hydrogen-bond donors (Lipinski definition) is 1. The van der Waals surface area contributed by atoms with Gasteiger partial charge in [-0.3, -0.25) is 4.79 Å². The van der Waals surface area contributed by atoms with Crippen molar-refractivity contribution in [3.8, 4) is 11.5 Å². The molecule has 0 bridgehead atoms. The van der Waals surface area contributed by atoms with E-state index in [0.29, 0.717) is 18.0 Å². The second-order valence-corrected chi connectivity index (χ2v) is 6.68. The van der Waals surface area contributed by atoms with Gasteiger partial charge in [-0.2, -0.15) is 0 Å². The molecular weight excluding hydrogens is 358 g/mol. The fraction of sp³-hybridized carbons (Fsp3) is 0.455. The third-order valence-electron chi connectivity index (χ3n) is 4.61. The van der Waals surface area contributed by atoms with Crippen LogP contribution in [0.5, 0.6) is 11.5 Å². The highest BCUT2D eigenvalue weighted by atomic mass is 16.5. The first-order valence-corrected chi connectivity index (χ1v) is 9.60. The van der Waals surface area contributed by atoms with Crippen molar-refractivity contribution in [1.29, 1.82) is 0 Å². The number of methoxy groups -OCH3 is 2. The molecule has 1 aromatic rings. The summed E-state index contributed by atoms with van der Waals surface area (Å²) in [6, 6.07) is 5.29. The first-order chi connectivity index (χ1) is 13.5. The Morgan fingerprint density at radius 2 is 1.96 bits per heavy atom. The normalized spacial score (nSPS) is 14.9. The minimum Gasteiger partial charge on any atom is -0.493 e. The summed E-state index contributed by atoms with van der Waals surface area (Å²) in [6.45, 7) is 2.13. The number of nitrogens with one attached hydrogen (secondary N) is 1. The zero-order chi connectivity index (χ0) is 20.4. The molecule has 1 atom stereocenters. The smallest absolute Gasteiger partial charge is 0.331 e. The molecular formula is C22H29NO5. The minimum absolute atomic E-state index is 0.288. The van der Waals surface area contributed by atoms with Gasteiger partial charge in [-0.05, 0) is 62.8 Å². The van der Waals surface area contributed by atoms with Crippen LogP contribution in [0.25, 0.3) is 6.08 Å². The van der Waals surface area contributed by atoms with Crippen molar-refractivity contribution in [1.82, 2.24) is 5.32 Å². The number of hydrogen-bond acceptors (Lipinski definition) is 5. The van der Waals surface area contributed by atoms with Crippen molar-refractivity contribution in [2.45, 2.75) is 45.1 Å². The molecule has 1 aliphatic rings. The molecule has 1 aliphatic carbocycles. The van der Waals surface area contributed by atoms with Crippen molar-refractivity contribution in [2.24, 2.45) is 0 Å². The minimum atomic E-state index is -0.845. The maximum atomic E-state index is 12.1. The molecule has 0 saturated heterocycles. The number of carbonyl (C=O) groups is 2. The highest BCUT2D eigenvalue weighted by Gasteiger charge is 2.16. The van der Waals surface area contributed by atoms with Crippen LogP contribution in [0.4, 0.5) is 0 Å². The van der Waals surface area contributed by atoms with Crippen LogP contribution in [0, 0.1) is 0 Å². The summed E-state index contributed by atoms with van der Waals surface area (Å²) in [6.07, 6.45) is 9.87. The highest BCUT2D eigenvalue weighted by molar-refractivity contribution is 5.90. The van der Waals surface area contributed by atoms with Crippen LogP contribution >= 0.6 is 0 Å². The molecule has 0 unspecified atom stereocenters. The summed E-state index contributed by atoms with van der Waals surface area (Å²) < 4.78 is 15.6. The summed E-state index contributed by atoms with van der Waals surface area (Å²) in [5.41, 5.74) is 2.15. The van der Waals surface area contributed by atoms with E-state index in [1.165, 1.54) is 24.5 Å². The van der Waals surface area contributed by atoms with Gasteiger partial charge in [-0.25, -0.2) is 4.79 Å². The fourth-order valence-corrected chi connectivity index (χ4v) is 3.01. The maximum Gasteiger partial charge on any atom is 0.331 e. The fourth-order valence-electron chi connectivity index (χ4n) is 3.01. The van der Waals surface area contributed by atoms with E-state index in [0.717, 1.165) is 24.8 Å². The quantitative estimate of drug-likeness (QED) is 0.398. The molecule has 0 aromatic heterocycles. The van der Waals surface area contributed by atoms with E-state index in [-0.39, 0.29) is 5.91 Å². The van der Waals surface area contributed by atoms with Crippen LogP contribution in [0.15, 0.2) is 35.9 Å². The largest absolute Gasteiger partial charge is 0.493 e. The van der Waals surface area contributed by atoms with Gasteiger partial charge >= 0.3 is 5.97 Å². The highest BCUT2D eigenvalue weighted by Crippen LogP contribution is 2.28. The van der Waals surface area contributed by atoms with Crippen LogP contribution in [0.3, 0.4) is 0 Å². The lowest BCUT2D eigenvalue weighted by Crippen LogP contribution is -2.36. The second-order valence-electron chi connectivity index (χ2n) is 6.68. The van der Waals surface area contributed by atoms with E-state index in [1.54, 1.807) is 45.4 Å². The second kappa shape index (κ2) is 11.2. The van der Waals surface area contributed by atoms with Gasteiger partial charge in [-0.15, -0.1) is 0 Å². The number of ether oxygens (including phenoxy) is 3. The molecule has 28 heavy (non-hydrogen) atoms. The van der Waals surface area contributed by atoms with Crippen LogP contribution in [0.2, 0.25) is 0 Å². The Bertz CT molecular complexity index is 738. The lowest BCUT2D eigenvalue weighted by Gasteiger charge is -2.15. The summed E-state index contributed by atoms with van der Waals surface area (Å²) >= 11 is 0. The van der Waals surface area contributed by atoms with Gasteiger partial charge in [0.25, 0.3) is 5.91 Å². The number of amides is 1. The maximum absolute atomic E-state index is 12.1. The lowest BCUT2D eigenvalue weighted by atomic mass is 9.97. The number of carbonyl (C=O) groups excluding carboxylic acids is 2. The van der Waals surface area contributed by atoms with Gasteiger partial charge in [0.15, 0.2) is 17.6 Å². The molecule has 0 heterocycles. The molecule has 1 amide bonds. The van der Waals surface area contributed by atoms with E-state index in [1.807, 2.05) is 0 Å². The third kappa shape index (κ3) is 6.76. The van der Waals surface area contributed by atoms with Gasteiger partial charge in [0.2, 0.25) is 0 Å². The van der Waals surface area contributed by atoms with Crippen molar-refractivity contribution in [3.63, 3.8) is 0 Å². The van der Waals surface area contributed by atoms with E-state index in [4.69, 9.17) is 14.2 Å². The Morgan fingerprint density at radius 3 is 2.64 bits per heavy atom. The van der Waals surface area contributed by atoms with Crippen LogP contribution in [0.1, 0.15) is 44.6 Å². The van der Waals surface area contributed by atoms with E-state index < -0.39 is 12.1 Å². The molecule has 0 fully saturated rings. The molecule has 152 valence electrons. The predicted octanol–water partition coefficient (Wildman–Crippen LogP) is 3.66. The van der Waals surface area contributed by atoms with Gasteiger partial charge < -0.3 is 19.5 Å². The number of benzene rings is 1. The van der Waals surface area contributed by atoms with Gasteiger partial charge in [0, 0.05) is 12.6 Å². The Labute approximate surface area is 166 Å². The Kier molecular flexibility index (Phi) is 8.59. The van der Waals surface area contributed by atoms with Crippen molar-refractivity contribution < 1.29 is 23.8 Å². The zero-order valence-corrected chi connectivity index (χ0v) is 16.8. The van der Waals surface area contributed by atoms with Gasteiger partial charge in [-0.1, -0.05) is 17.7 Å². The first-order valence-electron chi connectivity index (χ1n) is 9.60. The third-order valence-corrected chi connectivity index (χ3v) is 4.61. The summed E-state index contributed by atoms with van der Waals surface area (Å²) in [4.78, 5) is 24.1.